The largest absolute Gasteiger partial charge is 0.326 e. The second-order valence-electron chi connectivity index (χ2n) is 4.84. The van der Waals surface area contributed by atoms with E-state index in [0.29, 0.717) is 12.8 Å². The van der Waals surface area contributed by atoms with Crippen LogP contribution in [0.2, 0.25) is 0 Å². The molecule has 0 radical (unpaired) electrons. The van der Waals surface area contributed by atoms with Crippen molar-refractivity contribution in [1.29, 1.82) is 0 Å². The Hall–Kier alpha value is -1.56. The summed E-state index contributed by atoms with van der Waals surface area (Å²) >= 11 is 0. The van der Waals surface area contributed by atoms with E-state index in [0.717, 1.165) is 11.4 Å². The van der Waals surface area contributed by atoms with Gasteiger partial charge in [-0.3, -0.25) is 10.1 Å². The SMILES string of the molecule is Cc1nnc(NC(=O)CCC(C)(C)N)nc1C. The number of hydrogen-bond acceptors (Lipinski definition) is 5. The molecule has 0 spiro atoms. The Bertz CT molecular complexity index is 411. The number of nitrogens with one attached hydrogen (secondary N) is 1. The van der Waals surface area contributed by atoms with E-state index in [2.05, 4.69) is 20.5 Å². The Kier molecular flexibility index (Phi) is 4.11. The Labute approximate surface area is 101 Å². The zero-order chi connectivity index (χ0) is 13.1. The van der Waals surface area contributed by atoms with Crippen molar-refractivity contribution < 1.29 is 4.79 Å². The van der Waals surface area contributed by atoms with Gasteiger partial charge >= 0.3 is 0 Å². The van der Waals surface area contributed by atoms with Gasteiger partial charge in [0.1, 0.15) is 0 Å². The maximum absolute atomic E-state index is 11.6. The van der Waals surface area contributed by atoms with Gasteiger partial charge in [0.2, 0.25) is 11.9 Å². The van der Waals surface area contributed by atoms with Gasteiger partial charge in [-0.05, 0) is 34.1 Å². The van der Waals surface area contributed by atoms with Crippen LogP contribution in [0.25, 0.3) is 0 Å². The second-order valence-corrected chi connectivity index (χ2v) is 4.84. The molecular weight excluding hydrogens is 218 g/mol. The molecule has 17 heavy (non-hydrogen) atoms. The lowest BCUT2D eigenvalue weighted by Crippen LogP contribution is -2.33. The molecule has 0 aromatic carbocycles. The van der Waals surface area contributed by atoms with E-state index in [9.17, 15) is 4.79 Å². The van der Waals surface area contributed by atoms with Gasteiger partial charge in [0, 0.05) is 12.0 Å². The maximum Gasteiger partial charge on any atom is 0.249 e. The molecule has 1 amide bonds. The molecule has 6 heteroatoms. The molecule has 0 fully saturated rings. The smallest absolute Gasteiger partial charge is 0.249 e. The van der Waals surface area contributed by atoms with Crippen LogP contribution in [-0.2, 0) is 4.79 Å². The predicted octanol–water partition coefficient (Wildman–Crippen LogP) is 0.944. The topological polar surface area (TPSA) is 93.8 Å². The summed E-state index contributed by atoms with van der Waals surface area (Å²) < 4.78 is 0. The number of nitrogens with two attached hydrogens (primary N) is 1. The quantitative estimate of drug-likeness (QED) is 0.813. The van der Waals surface area contributed by atoms with Gasteiger partial charge in [-0.2, -0.15) is 5.10 Å². The minimum absolute atomic E-state index is 0.145. The number of carbonyl (C=O) groups is 1. The van der Waals surface area contributed by atoms with Crippen molar-refractivity contribution in [3.05, 3.63) is 11.4 Å². The van der Waals surface area contributed by atoms with Crippen molar-refractivity contribution in [2.24, 2.45) is 5.73 Å². The highest BCUT2D eigenvalue weighted by atomic mass is 16.1. The van der Waals surface area contributed by atoms with E-state index in [1.54, 1.807) is 0 Å². The van der Waals surface area contributed by atoms with Crippen LogP contribution in [0.4, 0.5) is 5.95 Å². The first-order valence-corrected chi connectivity index (χ1v) is 5.54. The van der Waals surface area contributed by atoms with Crippen LogP contribution < -0.4 is 11.1 Å². The van der Waals surface area contributed by atoms with Gasteiger partial charge in [-0.15, -0.1) is 5.10 Å². The van der Waals surface area contributed by atoms with E-state index in [1.807, 2.05) is 27.7 Å². The van der Waals surface area contributed by atoms with Gasteiger partial charge < -0.3 is 5.73 Å². The Balaban J connectivity index is 2.54. The predicted molar refractivity (Wildman–Crippen MR) is 65.4 cm³/mol. The third-order valence-corrected chi connectivity index (χ3v) is 2.34. The van der Waals surface area contributed by atoms with E-state index < -0.39 is 0 Å². The first kappa shape index (κ1) is 13.5. The van der Waals surface area contributed by atoms with E-state index in [4.69, 9.17) is 5.73 Å². The zero-order valence-corrected chi connectivity index (χ0v) is 10.7. The first-order chi connectivity index (χ1) is 7.78. The molecule has 0 aliphatic rings. The van der Waals surface area contributed by atoms with Crippen LogP contribution in [0.1, 0.15) is 38.1 Å². The van der Waals surface area contributed by atoms with Crippen molar-refractivity contribution in [2.75, 3.05) is 5.32 Å². The van der Waals surface area contributed by atoms with Crippen molar-refractivity contribution in [2.45, 2.75) is 46.1 Å². The molecule has 0 bridgehead atoms. The molecule has 94 valence electrons. The van der Waals surface area contributed by atoms with Crippen LogP contribution >= 0.6 is 0 Å². The average molecular weight is 237 g/mol. The number of amides is 1. The number of aromatic nitrogens is 3. The lowest BCUT2D eigenvalue weighted by atomic mass is 10.00. The fourth-order valence-corrected chi connectivity index (χ4v) is 1.13. The number of aryl methyl sites for hydroxylation is 2. The number of anilines is 1. The number of nitrogens with zero attached hydrogens (tertiary/aromatic N) is 3. The molecule has 0 atom stereocenters. The molecule has 0 unspecified atom stereocenters. The van der Waals surface area contributed by atoms with Gasteiger partial charge in [-0.25, -0.2) is 4.98 Å². The number of rotatable bonds is 4. The molecule has 0 aliphatic carbocycles. The molecule has 0 aliphatic heterocycles. The van der Waals surface area contributed by atoms with Crippen LogP contribution in [0.15, 0.2) is 0 Å². The van der Waals surface area contributed by atoms with Crippen LogP contribution in [0.5, 0.6) is 0 Å². The monoisotopic (exact) mass is 237 g/mol. The highest BCUT2D eigenvalue weighted by Crippen LogP contribution is 2.08. The van der Waals surface area contributed by atoms with E-state index in [1.165, 1.54) is 0 Å². The van der Waals surface area contributed by atoms with Gasteiger partial charge in [0.05, 0.1) is 11.4 Å². The maximum atomic E-state index is 11.6. The lowest BCUT2D eigenvalue weighted by molar-refractivity contribution is -0.116. The molecule has 1 heterocycles. The van der Waals surface area contributed by atoms with Crippen LogP contribution in [0.3, 0.4) is 0 Å². The minimum Gasteiger partial charge on any atom is -0.326 e. The number of carbonyl (C=O) groups excluding carboxylic acids is 1. The number of hydrogen-bond donors (Lipinski definition) is 2. The third kappa shape index (κ3) is 4.86. The molecule has 1 aromatic heterocycles. The molecular formula is C11H19N5O. The Morgan fingerprint density at radius 1 is 1.29 bits per heavy atom. The summed E-state index contributed by atoms with van der Waals surface area (Å²) in [6.45, 7) is 7.41. The van der Waals surface area contributed by atoms with E-state index >= 15 is 0 Å². The van der Waals surface area contributed by atoms with E-state index in [-0.39, 0.29) is 17.4 Å². The molecule has 1 aromatic rings. The summed E-state index contributed by atoms with van der Waals surface area (Å²) in [4.78, 5) is 15.7. The van der Waals surface area contributed by atoms with Crippen molar-refractivity contribution in [3.8, 4) is 0 Å². The van der Waals surface area contributed by atoms with Crippen LogP contribution in [-0.4, -0.2) is 26.6 Å². The standard InChI is InChI=1S/C11H19N5O/c1-7-8(2)15-16-10(13-7)14-9(17)5-6-11(3,4)12/h5-6,12H2,1-4H3,(H,13,14,16,17). The molecule has 0 saturated carbocycles. The third-order valence-electron chi connectivity index (χ3n) is 2.34. The Morgan fingerprint density at radius 3 is 2.47 bits per heavy atom. The molecule has 3 N–H and O–H groups in total. The first-order valence-electron chi connectivity index (χ1n) is 5.54. The summed E-state index contributed by atoms with van der Waals surface area (Å²) in [5.74, 6) is 0.0986. The molecule has 0 saturated heterocycles. The molecule has 6 nitrogen and oxygen atoms in total. The minimum atomic E-state index is -0.348. The second kappa shape index (κ2) is 5.18. The summed E-state index contributed by atoms with van der Waals surface area (Å²) in [5, 5.41) is 10.3. The lowest BCUT2D eigenvalue weighted by Gasteiger charge is -2.17. The zero-order valence-electron chi connectivity index (χ0n) is 10.7. The van der Waals surface area contributed by atoms with Gasteiger partial charge in [0.15, 0.2) is 0 Å². The summed E-state index contributed by atoms with van der Waals surface area (Å²) in [6.07, 6.45) is 0.955. The summed E-state index contributed by atoms with van der Waals surface area (Å²) in [5.41, 5.74) is 6.96. The highest BCUT2D eigenvalue weighted by Gasteiger charge is 2.14. The summed E-state index contributed by atoms with van der Waals surface area (Å²) in [6, 6.07) is 0. The summed E-state index contributed by atoms with van der Waals surface area (Å²) in [7, 11) is 0. The molecule has 1 rings (SSSR count). The van der Waals surface area contributed by atoms with Crippen molar-refractivity contribution in [1.82, 2.24) is 15.2 Å². The fraction of sp³-hybridized carbons (Fsp3) is 0.636. The fourth-order valence-electron chi connectivity index (χ4n) is 1.13. The Morgan fingerprint density at radius 2 is 1.94 bits per heavy atom. The highest BCUT2D eigenvalue weighted by molar-refractivity contribution is 5.88. The van der Waals surface area contributed by atoms with Crippen molar-refractivity contribution in [3.63, 3.8) is 0 Å². The van der Waals surface area contributed by atoms with Crippen LogP contribution in [0, 0.1) is 13.8 Å². The van der Waals surface area contributed by atoms with Gasteiger partial charge in [-0.1, -0.05) is 0 Å². The average Bonchev–Trinajstić information content (AvgIpc) is 2.20. The normalized spacial score (nSPS) is 11.4. The van der Waals surface area contributed by atoms with Crippen molar-refractivity contribution >= 4 is 11.9 Å². The van der Waals surface area contributed by atoms with Gasteiger partial charge in [0.25, 0.3) is 0 Å².